The van der Waals surface area contributed by atoms with Crippen LogP contribution < -0.4 is 5.32 Å². The Bertz CT molecular complexity index is 929. The molecule has 2 aromatic carbocycles. The van der Waals surface area contributed by atoms with Gasteiger partial charge in [0.15, 0.2) is 5.76 Å². The molecule has 0 aliphatic carbocycles. The van der Waals surface area contributed by atoms with Gasteiger partial charge in [0.2, 0.25) is 0 Å². The molecule has 0 saturated carbocycles. The molecule has 26 heavy (non-hydrogen) atoms. The Morgan fingerprint density at radius 3 is 2.77 bits per heavy atom. The largest absolute Gasteiger partial charge is 0.451 e. The van der Waals surface area contributed by atoms with E-state index in [9.17, 15) is 4.79 Å². The highest BCUT2D eigenvalue weighted by atomic mass is 35.5. The van der Waals surface area contributed by atoms with E-state index < -0.39 is 0 Å². The van der Waals surface area contributed by atoms with Crippen molar-refractivity contribution >= 4 is 28.5 Å². The molecule has 1 aliphatic rings. The molecule has 1 saturated heterocycles. The normalized spacial score (nSPS) is 18.2. The predicted octanol–water partition coefficient (Wildman–Crippen LogP) is 5.04. The summed E-state index contributed by atoms with van der Waals surface area (Å²) in [6.07, 6.45) is 1.90. The molecule has 5 heteroatoms. The van der Waals surface area contributed by atoms with Gasteiger partial charge in [0.1, 0.15) is 5.58 Å². The Morgan fingerprint density at radius 2 is 2.04 bits per heavy atom. The molecule has 1 fully saturated rings. The number of hydrogen-bond acceptors (Lipinski definition) is 3. The molecule has 134 valence electrons. The highest BCUT2D eigenvalue weighted by Gasteiger charge is 2.30. The Hall–Kier alpha value is -2.30. The molecule has 1 aliphatic heterocycles. The lowest BCUT2D eigenvalue weighted by molar-refractivity contribution is 0.0658. The lowest BCUT2D eigenvalue weighted by atomic mass is 9.99. The summed E-state index contributed by atoms with van der Waals surface area (Å²) in [5, 5.41) is 4.59. The molecule has 1 N–H and O–H groups in total. The summed E-state index contributed by atoms with van der Waals surface area (Å²) in [4.78, 5) is 13.0. The molecule has 0 bridgehead atoms. The summed E-state index contributed by atoms with van der Waals surface area (Å²) in [5.74, 6) is 0.0837. The number of nitrogens with one attached hydrogen (secondary N) is 1. The van der Waals surface area contributed by atoms with Gasteiger partial charge >= 0.3 is 0 Å². The van der Waals surface area contributed by atoms with E-state index in [1.54, 1.807) is 12.1 Å². The highest BCUT2D eigenvalue weighted by molar-refractivity contribution is 6.31. The van der Waals surface area contributed by atoms with Crippen molar-refractivity contribution in [1.29, 1.82) is 0 Å². The van der Waals surface area contributed by atoms with Crippen molar-refractivity contribution in [3.05, 3.63) is 70.4 Å². The van der Waals surface area contributed by atoms with Crippen molar-refractivity contribution in [3.8, 4) is 0 Å². The maximum atomic E-state index is 13.0. The fourth-order valence-corrected chi connectivity index (χ4v) is 3.71. The average molecular weight is 370 g/mol. The van der Waals surface area contributed by atoms with Crippen LogP contribution in [0.5, 0.6) is 0 Å². The number of ether oxygens (including phenoxy) is 1. The second-order valence-electron chi connectivity index (χ2n) is 6.61. The number of halogens is 1. The molecule has 0 spiro atoms. The number of furan rings is 1. The number of fused-ring (bicyclic) bond motifs is 1. The minimum absolute atomic E-state index is 0.0273. The molecular weight excluding hydrogens is 350 g/mol. The molecule has 3 aromatic rings. The van der Waals surface area contributed by atoms with Gasteiger partial charge in [0.05, 0.1) is 12.1 Å². The number of aryl methyl sites for hydroxylation is 1. The minimum Gasteiger partial charge on any atom is -0.451 e. The molecule has 4 rings (SSSR count). The van der Waals surface area contributed by atoms with E-state index in [2.05, 4.69) is 5.32 Å². The number of rotatable bonds is 4. The molecule has 1 aromatic heterocycles. The Labute approximate surface area is 157 Å². The van der Waals surface area contributed by atoms with E-state index in [0.717, 1.165) is 36.0 Å². The van der Waals surface area contributed by atoms with Crippen LogP contribution in [0.25, 0.3) is 11.0 Å². The highest BCUT2D eigenvalue weighted by Crippen LogP contribution is 2.30. The predicted molar refractivity (Wildman–Crippen MR) is 102 cm³/mol. The van der Waals surface area contributed by atoms with Gasteiger partial charge in [0, 0.05) is 22.6 Å². The van der Waals surface area contributed by atoms with Crippen LogP contribution in [0.15, 0.2) is 52.9 Å². The monoisotopic (exact) mass is 369 g/mol. The average Bonchev–Trinajstić information content (AvgIpc) is 3.29. The maximum absolute atomic E-state index is 13.0. The maximum Gasteiger partial charge on any atom is 0.287 e. The fourth-order valence-electron chi connectivity index (χ4n) is 3.53. The summed E-state index contributed by atoms with van der Waals surface area (Å²) in [6.45, 7) is 2.60. The van der Waals surface area contributed by atoms with Crippen LogP contribution in [0.3, 0.4) is 0 Å². The first kappa shape index (κ1) is 17.1. The van der Waals surface area contributed by atoms with Gasteiger partial charge in [-0.15, -0.1) is 0 Å². The van der Waals surface area contributed by atoms with Crippen molar-refractivity contribution in [2.45, 2.75) is 31.9 Å². The Balaban J connectivity index is 1.65. The van der Waals surface area contributed by atoms with Crippen LogP contribution in [0.1, 0.15) is 40.6 Å². The Kier molecular flexibility index (Phi) is 4.70. The van der Waals surface area contributed by atoms with E-state index in [0.29, 0.717) is 16.4 Å². The van der Waals surface area contributed by atoms with E-state index >= 15 is 0 Å². The smallest absolute Gasteiger partial charge is 0.287 e. The van der Waals surface area contributed by atoms with Gasteiger partial charge in [-0.2, -0.15) is 0 Å². The third-order valence-electron chi connectivity index (χ3n) is 4.89. The van der Waals surface area contributed by atoms with Crippen LogP contribution >= 0.6 is 11.6 Å². The summed E-state index contributed by atoms with van der Waals surface area (Å²) in [7, 11) is 0. The molecule has 4 nitrogen and oxygen atoms in total. The van der Waals surface area contributed by atoms with E-state index in [1.165, 1.54) is 0 Å². The fraction of sp³-hybridized carbons (Fsp3) is 0.286. The molecule has 1 amide bonds. The summed E-state index contributed by atoms with van der Waals surface area (Å²) < 4.78 is 11.7. The standard InChI is InChI=1S/C21H20ClNO3/c1-13-16-12-15(22)9-10-17(16)26-20(13)21(24)23-19(18-8-5-11-25-18)14-6-3-2-4-7-14/h2-4,6-7,9-10,12,18-19H,5,8,11H2,1H3,(H,23,24)/t18-,19-/m0/s1. The van der Waals surface area contributed by atoms with Crippen molar-refractivity contribution in [2.75, 3.05) is 6.61 Å². The quantitative estimate of drug-likeness (QED) is 0.700. The minimum atomic E-state index is -0.237. The molecule has 2 heterocycles. The molecule has 0 radical (unpaired) electrons. The summed E-state index contributed by atoms with van der Waals surface area (Å²) in [6, 6.07) is 15.1. The Morgan fingerprint density at radius 1 is 1.23 bits per heavy atom. The van der Waals surface area contributed by atoms with Crippen LogP contribution in [0, 0.1) is 6.92 Å². The number of amides is 1. The van der Waals surface area contributed by atoms with E-state index in [4.69, 9.17) is 20.8 Å². The number of benzene rings is 2. The van der Waals surface area contributed by atoms with E-state index in [-0.39, 0.29) is 18.1 Å². The zero-order valence-electron chi connectivity index (χ0n) is 14.5. The van der Waals surface area contributed by atoms with Gasteiger partial charge in [-0.1, -0.05) is 41.9 Å². The van der Waals surface area contributed by atoms with Crippen molar-refractivity contribution < 1.29 is 13.9 Å². The van der Waals surface area contributed by atoms with Gasteiger partial charge in [-0.05, 0) is 43.5 Å². The first-order valence-corrected chi connectivity index (χ1v) is 9.17. The first-order valence-electron chi connectivity index (χ1n) is 8.79. The summed E-state index contributed by atoms with van der Waals surface area (Å²) >= 11 is 6.07. The van der Waals surface area contributed by atoms with Crippen molar-refractivity contribution in [1.82, 2.24) is 5.32 Å². The van der Waals surface area contributed by atoms with Crippen molar-refractivity contribution in [2.24, 2.45) is 0 Å². The molecular formula is C21H20ClNO3. The zero-order valence-corrected chi connectivity index (χ0v) is 15.3. The first-order chi connectivity index (χ1) is 12.6. The van der Waals surface area contributed by atoms with Crippen LogP contribution in [0.4, 0.5) is 0 Å². The van der Waals surface area contributed by atoms with Crippen molar-refractivity contribution in [3.63, 3.8) is 0 Å². The lowest BCUT2D eigenvalue weighted by Crippen LogP contribution is -2.36. The third kappa shape index (κ3) is 3.22. The number of carbonyl (C=O) groups is 1. The van der Waals surface area contributed by atoms with Gasteiger partial charge in [0.25, 0.3) is 5.91 Å². The molecule has 0 unspecified atom stereocenters. The second kappa shape index (κ2) is 7.14. The summed E-state index contributed by atoms with van der Waals surface area (Å²) in [5.41, 5.74) is 2.48. The van der Waals surface area contributed by atoms with Gasteiger partial charge < -0.3 is 14.5 Å². The van der Waals surface area contributed by atoms with Gasteiger partial charge in [-0.3, -0.25) is 4.79 Å². The zero-order chi connectivity index (χ0) is 18.1. The topological polar surface area (TPSA) is 51.5 Å². The third-order valence-corrected chi connectivity index (χ3v) is 5.12. The van der Waals surface area contributed by atoms with E-state index in [1.807, 2.05) is 43.3 Å². The number of carbonyl (C=O) groups excluding carboxylic acids is 1. The molecule has 2 atom stereocenters. The van der Waals surface area contributed by atoms with Crippen LogP contribution in [-0.2, 0) is 4.74 Å². The van der Waals surface area contributed by atoms with Gasteiger partial charge in [-0.25, -0.2) is 0 Å². The van der Waals surface area contributed by atoms with Crippen LogP contribution in [-0.4, -0.2) is 18.6 Å². The lowest BCUT2D eigenvalue weighted by Gasteiger charge is -2.24. The van der Waals surface area contributed by atoms with Crippen LogP contribution in [0.2, 0.25) is 5.02 Å². The number of hydrogen-bond donors (Lipinski definition) is 1. The SMILES string of the molecule is Cc1c(C(=O)N[C@@H](c2ccccc2)[C@@H]2CCCO2)oc2ccc(Cl)cc12. The second-order valence-corrected chi connectivity index (χ2v) is 7.05.